The summed E-state index contributed by atoms with van der Waals surface area (Å²) in [6, 6.07) is 0. The first kappa shape index (κ1) is 28.7. The molecule has 0 aromatic carbocycles. The van der Waals surface area contributed by atoms with Gasteiger partial charge in [0.25, 0.3) is 0 Å². The van der Waals surface area contributed by atoms with Crippen LogP contribution >= 0.6 is 0 Å². The maximum Gasteiger partial charge on any atom is 0.306 e. The van der Waals surface area contributed by atoms with Crippen molar-refractivity contribution in [2.24, 2.45) is 11.7 Å². The van der Waals surface area contributed by atoms with Gasteiger partial charge in [0.05, 0.1) is 5.92 Å². The minimum Gasteiger partial charge on any atom is -0.481 e. The van der Waals surface area contributed by atoms with Crippen LogP contribution in [0.25, 0.3) is 0 Å². The number of nitrogens with two attached hydrogens (primary N) is 1. The maximum atomic E-state index is 11.0. The van der Waals surface area contributed by atoms with Crippen molar-refractivity contribution in [3.63, 3.8) is 0 Å². The number of aliphatic carboxylic acids is 2. The van der Waals surface area contributed by atoms with Crippen LogP contribution in [0.4, 0.5) is 0 Å². The summed E-state index contributed by atoms with van der Waals surface area (Å²) in [5, 5.41) is 32.8. The van der Waals surface area contributed by atoms with Crippen molar-refractivity contribution in [3.05, 3.63) is 0 Å². The molecule has 1 unspecified atom stereocenters. The van der Waals surface area contributed by atoms with Crippen LogP contribution in [0, 0.1) is 11.3 Å². The van der Waals surface area contributed by atoms with Gasteiger partial charge in [-0.05, 0) is 51.3 Å². The van der Waals surface area contributed by atoms with Crippen LogP contribution in [-0.2, 0) is 9.59 Å². The molecule has 7 heteroatoms. The summed E-state index contributed by atoms with van der Waals surface area (Å²) in [5.41, 5.74) is 5.11. The predicted molar refractivity (Wildman–Crippen MR) is 113 cm³/mol. The van der Waals surface area contributed by atoms with Crippen LogP contribution in [0.3, 0.4) is 0 Å². The molecule has 0 heterocycles. The Balaban J connectivity index is 0. The number of carboxylic acids is 2. The molecule has 0 fully saturated rings. The van der Waals surface area contributed by atoms with Crippen molar-refractivity contribution >= 4 is 18.2 Å². The van der Waals surface area contributed by atoms with E-state index >= 15 is 0 Å². The van der Waals surface area contributed by atoms with Gasteiger partial charge in [-0.3, -0.25) is 9.59 Å². The van der Waals surface area contributed by atoms with Crippen LogP contribution in [0.1, 0.15) is 96.3 Å². The Kier molecular flexibility index (Phi) is 24.2. The Morgan fingerprint density at radius 1 is 0.821 bits per heavy atom. The van der Waals surface area contributed by atoms with E-state index in [1.165, 1.54) is 19.1 Å². The molecule has 0 bridgehead atoms. The van der Waals surface area contributed by atoms with Crippen molar-refractivity contribution in [2.45, 2.75) is 96.3 Å². The van der Waals surface area contributed by atoms with E-state index in [9.17, 15) is 9.59 Å². The molecule has 0 aliphatic carbocycles. The number of nitrogens with one attached hydrogen (secondary N) is 1. The molecule has 166 valence electrons. The number of hydrogen-bond acceptors (Lipinski definition) is 5. The average molecular weight is 403 g/mol. The predicted octanol–water partition coefficient (Wildman–Crippen LogP) is 4.21. The number of carbonyl (C=O) groups is 2. The molecular weight excluding hydrogens is 360 g/mol. The molecular formula is C21H42N2O5. The second-order valence-electron chi connectivity index (χ2n) is 7.15. The van der Waals surface area contributed by atoms with Crippen molar-refractivity contribution in [2.75, 3.05) is 13.2 Å². The smallest absolute Gasteiger partial charge is 0.306 e. The van der Waals surface area contributed by atoms with Gasteiger partial charge in [-0.1, -0.05) is 51.4 Å². The van der Waals surface area contributed by atoms with Crippen molar-refractivity contribution < 1.29 is 24.9 Å². The lowest BCUT2D eigenvalue weighted by atomic mass is 9.96. The fourth-order valence-corrected chi connectivity index (χ4v) is 2.85. The summed E-state index contributed by atoms with van der Waals surface area (Å²) in [7, 11) is 0. The second-order valence-corrected chi connectivity index (χ2v) is 7.15. The first-order valence-corrected chi connectivity index (χ1v) is 10.7. The van der Waals surface area contributed by atoms with E-state index < -0.39 is 11.9 Å². The topological polar surface area (TPSA) is 145 Å². The summed E-state index contributed by atoms with van der Waals surface area (Å²) in [6.45, 7) is 0.769. The van der Waals surface area contributed by atoms with Crippen LogP contribution < -0.4 is 5.73 Å². The molecule has 0 radical (unpaired) electrons. The summed E-state index contributed by atoms with van der Waals surface area (Å²) in [4.78, 5) is 21.4. The summed E-state index contributed by atoms with van der Waals surface area (Å²) >= 11 is 0. The van der Waals surface area contributed by atoms with Crippen LogP contribution in [0.5, 0.6) is 0 Å². The Labute approximate surface area is 170 Å². The highest BCUT2D eigenvalue weighted by atomic mass is 16.4. The molecule has 0 saturated heterocycles. The normalized spacial score (nSPS) is 11.4. The Bertz CT molecular complexity index is 378. The number of carboxylic acid groups (broad SMARTS) is 2. The first-order valence-electron chi connectivity index (χ1n) is 10.7. The summed E-state index contributed by atoms with van der Waals surface area (Å²) in [5.74, 6) is -1.75. The molecule has 7 nitrogen and oxygen atoms in total. The van der Waals surface area contributed by atoms with Crippen molar-refractivity contribution in [3.8, 4) is 0 Å². The summed E-state index contributed by atoms with van der Waals surface area (Å²) in [6.07, 6.45) is 14.8. The molecule has 0 aliphatic rings. The van der Waals surface area contributed by atoms with E-state index in [1.54, 1.807) is 0 Å². The van der Waals surface area contributed by atoms with Crippen molar-refractivity contribution in [1.29, 1.82) is 5.41 Å². The van der Waals surface area contributed by atoms with E-state index in [0.717, 1.165) is 57.8 Å². The van der Waals surface area contributed by atoms with E-state index in [0.29, 0.717) is 25.8 Å². The van der Waals surface area contributed by atoms with Gasteiger partial charge in [0.1, 0.15) is 0 Å². The first-order chi connectivity index (χ1) is 13.5. The zero-order valence-corrected chi connectivity index (χ0v) is 17.4. The largest absolute Gasteiger partial charge is 0.481 e. The van der Waals surface area contributed by atoms with Gasteiger partial charge in [-0.25, -0.2) is 0 Å². The standard InChI is InChI=1S/C17H32O5.C4H10N2/c18-14-10-12-15(17(21)22)11-8-6-4-2-1-3-5-7-9-13-16(19)20;5-3-1-2-4-6/h15,18H,1-14H2,(H,19,20)(H,21,22);3,5H,1-2,4,6H2. The minimum absolute atomic E-state index is 0.0657. The van der Waals surface area contributed by atoms with Crippen LogP contribution in [0.15, 0.2) is 0 Å². The van der Waals surface area contributed by atoms with Gasteiger partial charge < -0.3 is 26.5 Å². The number of rotatable bonds is 19. The van der Waals surface area contributed by atoms with Gasteiger partial charge in [0, 0.05) is 13.0 Å². The average Bonchev–Trinajstić information content (AvgIpc) is 2.66. The molecule has 0 aliphatic heterocycles. The minimum atomic E-state index is -0.741. The fraction of sp³-hybridized carbons (Fsp3) is 0.857. The van der Waals surface area contributed by atoms with Crippen LogP contribution in [0.2, 0.25) is 0 Å². The molecule has 0 spiro atoms. The monoisotopic (exact) mass is 402 g/mol. The molecule has 28 heavy (non-hydrogen) atoms. The zero-order chi connectivity index (χ0) is 21.5. The van der Waals surface area contributed by atoms with Crippen LogP contribution in [-0.4, -0.2) is 46.6 Å². The van der Waals surface area contributed by atoms with E-state index in [-0.39, 0.29) is 18.9 Å². The second kappa shape index (κ2) is 23.6. The number of aliphatic hydroxyl groups excluding tert-OH is 1. The van der Waals surface area contributed by atoms with E-state index in [4.69, 9.17) is 26.5 Å². The van der Waals surface area contributed by atoms with Crippen molar-refractivity contribution in [1.82, 2.24) is 0 Å². The van der Waals surface area contributed by atoms with Gasteiger partial charge in [0.15, 0.2) is 0 Å². The maximum absolute atomic E-state index is 11.0. The third-order valence-electron chi connectivity index (χ3n) is 4.56. The Morgan fingerprint density at radius 2 is 1.32 bits per heavy atom. The highest BCUT2D eigenvalue weighted by Gasteiger charge is 2.15. The Hall–Kier alpha value is -1.47. The third-order valence-corrected chi connectivity index (χ3v) is 4.56. The highest BCUT2D eigenvalue weighted by molar-refractivity contribution is 5.69. The SMILES string of the molecule is N=CCCCN.O=C(O)CCCCCCCCCCCC(CCCO)C(=O)O. The molecule has 0 saturated carbocycles. The fourth-order valence-electron chi connectivity index (χ4n) is 2.85. The van der Waals surface area contributed by atoms with E-state index in [1.807, 2.05) is 0 Å². The lowest BCUT2D eigenvalue weighted by Gasteiger charge is -2.11. The summed E-state index contributed by atoms with van der Waals surface area (Å²) < 4.78 is 0. The van der Waals surface area contributed by atoms with Gasteiger partial charge in [0.2, 0.25) is 0 Å². The number of aliphatic hydroxyl groups is 1. The molecule has 0 rings (SSSR count). The molecule has 0 aromatic heterocycles. The van der Waals surface area contributed by atoms with Gasteiger partial charge in [-0.15, -0.1) is 0 Å². The van der Waals surface area contributed by atoms with E-state index in [2.05, 4.69) is 0 Å². The lowest BCUT2D eigenvalue weighted by molar-refractivity contribution is -0.142. The number of hydrogen-bond donors (Lipinski definition) is 5. The third kappa shape index (κ3) is 24.5. The highest BCUT2D eigenvalue weighted by Crippen LogP contribution is 2.17. The number of unbranched alkanes of at least 4 members (excludes halogenated alkanes) is 9. The molecule has 1 atom stereocenters. The van der Waals surface area contributed by atoms with Gasteiger partial charge >= 0.3 is 11.9 Å². The quantitative estimate of drug-likeness (QED) is 0.162. The lowest BCUT2D eigenvalue weighted by Crippen LogP contribution is -2.14. The molecule has 0 amide bonds. The Morgan fingerprint density at radius 3 is 1.71 bits per heavy atom. The zero-order valence-electron chi connectivity index (χ0n) is 17.4. The van der Waals surface area contributed by atoms with Gasteiger partial charge in [-0.2, -0.15) is 0 Å². The molecule has 0 aromatic rings. The molecule has 6 N–H and O–H groups in total.